The molecule has 1 fully saturated rings. The van der Waals surface area contributed by atoms with E-state index in [2.05, 4.69) is 19.2 Å². The predicted molar refractivity (Wildman–Crippen MR) is 80.0 cm³/mol. The summed E-state index contributed by atoms with van der Waals surface area (Å²) < 4.78 is 0. The molecule has 0 bridgehead atoms. The molecule has 0 heterocycles. The molecule has 0 spiro atoms. The van der Waals surface area contributed by atoms with E-state index < -0.39 is 0 Å². The smallest absolute Gasteiger partial charge is 0.227 e. The average molecular weight is 260 g/mol. The van der Waals surface area contributed by atoms with E-state index in [4.69, 9.17) is 5.73 Å². The first kappa shape index (κ1) is 13.9. The standard InChI is InChI=1S/C16H24N2O/c1-3-12-8-9-14(10-15(12)17)18-16(19)13-6-4-11(2)5-7-13/h8-11,13H,3-7,17H2,1-2H3,(H,18,19). The molecule has 1 saturated carbocycles. The molecule has 104 valence electrons. The number of aryl methyl sites for hydroxylation is 1. The molecule has 1 aromatic carbocycles. The van der Waals surface area contributed by atoms with Crippen molar-refractivity contribution in [2.45, 2.75) is 46.0 Å². The lowest BCUT2D eigenvalue weighted by Crippen LogP contribution is -2.26. The van der Waals surface area contributed by atoms with E-state index in [1.807, 2.05) is 18.2 Å². The molecule has 3 heteroatoms. The van der Waals surface area contributed by atoms with Gasteiger partial charge in [0.2, 0.25) is 5.91 Å². The third-order valence-corrected chi connectivity index (χ3v) is 4.18. The van der Waals surface area contributed by atoms with Gasteiger partial charge in [-0.05, 0) is 55.7 Å². The van der Waals surface area contributed by atoms with E-state index in [1.165, 1.54) is 0 Å². The van der Waals surface area contributed by atoms with Crippen molar-refractivity contribution in [2.24, 2.45) is 11.8 Å². The summed E-state index contributed by atoms with van der Waals surface area (Å²) in [6, 6.07) is 5.80. The maximum atomic E-state index is 12.2. The number of amides is 1. The van der Waals surface area contributed by atoms with Crippen molar-refractivity contribution in [3.63, 3.8) is 0 Å². The Morgan fingerprint density at radius 2 is 2.00 bits per heavy atom. The van der Waals surface area contributed by atoms with Gasteiger partial charge in [0.1, 0.15) is 0 Å². The van der Waals surface area contributed by atoms with Gasteiger partial charge in [-0.25, -0.2) is 0 Å². The summed E-state index contributed by atoms with van der Waals surface area (Å²) in [7, 11) is 0. The van der Waals surface area contributed by atoms with Crippen LogP contribution >= 0.6 is 0 Å². The Kier molecular flexibility index (Phi) is 4.46. The van der Waals surface area contributed by atoms with Crippen molar-refractivity contribution in [1.29, 1.82) is 0 Å². The summed E-state index contributed by atoms with van der Waals surface area (Å²) in [4.78, 5) is 12.2. The van der Waals surface area contributed by atoms with Gasteiger partial charge in [-0.15, -0.1) is 0 Å². The maximum Gasteiger partial charge on any atom is 0.227 e. The Balaban J connectivity index is 1.97. The average Bonchev–Trinajstić information content (AvgIpc) is 2.39. The fourth-order valence-electron chi connectivity index (χ4n) is 2.76. The van der Waals surface area contributed by atoms with Crippen LogP contribution in [0.15, 0.2) is 18.2 Å². The van der Waals surface area contributed by atoms with Gasteiger partial charge < -0.3 is 11.1 Å². The lowest BCUT2D eigenvalue weighted by atomic mass is 9.82. The van der Waals surface area contributed by atoms with Gasteiger partial charge in [0.15, 0.2) is 0 Å². The van der Waals surface area contributed by atoms with E-state index >= 15 is 0 Å². The molecule has 1 aromatic rings. The predicted octanol–water partition coefficient (Wildman–Crippen LogP) is 3.60. The summed E-state index contributed by atoms with van der Waals surface area (Å²) in [5.74, 6) is 1.09. The number of anilines is 2. The molecule has 3 N–H and O–H groups in total. The highest BCUT2D eigenvalue weighted by atomic mass is 16.1. The van der Waals surface area contributed by atoms with Crippen LogP contribution < -0.4 is 11.1 Å². The molecule has 2 rings (SSSR count). The lowest BCUT2D eigenvalue weighted by molar-refractivity contribution is -0.121. The summed E-state index contributed by atoms with van der Waals surface area (Å²) in [5.41, 5.74) is 8.66. The van der Waals surface area contributed by atoms with Gasteiger partial charge in [0, 0.05) is 17.3 Å². The third-order valence-electron chi connectivity index (χ3n) is 4.18. The quantitative estimate of drug-likeness (QED) is 0.816. The zero-order valence-electron chi connectivity index (χ0n) is 11.9. The number of hydrogen-bond donors (Lipinski definition) is 2. The first-order valence-electron chi connectivity index (χ1n) is 7.29. The van der Waals surface area contributed by atoms with Gasteiger partial charge in [0.25, 0.3) is 0 Å². The van der Waals surface area contributed by atoms with Crippen molar-refractivity contribution < 1.29 is 4.79 Å². The molecular weight excluding hydrogens is 236 g/mol. The largest absolute Gasteiger partial charge is 0.398 e. The molecule has 3 nitrogen and oxygen atoms in total. The van der Waals surface area contributed by atoms with Crippen LogP contribution in [0.5, 0.6) is 0 Å². The number of benzene rings is 1. The van der Waals surface area contributed by atoms with Crippen molar-refractivity contribution >= 4 is 17.3 Å². The Morgan fingerprint density at radius 1 is 1.32 bits per heavy atom. The van der Waals surface area contributed by atoms with Gasteiger partial charge in [0.05, 0.1) is 0 Å². The Bertz CT molecular complexity index is 448. The minimum atomic E-state index is 0.149. The van der Waals surface area contributed by atoms with Crippen molar-refractivity contribution in [2.75, 3.05) is 11.1 Å². The van der Waals surface area contributed by atoms with Crippen molar-refractivity contribution in [1.82, 2.24) is 0 Å². The normalized spacial score (nSPS) is 23.1. The molecule has 0 atom stereocenters. The number of nitrogen functional groups attached to an aromatic ring is 1. The number of carbonyl (C=O) groups excluding carboxylic acids is 1. The third kappa shape index (κ3) is 3.49. The van der Waals surface area contributed by atoms with Crippen LogP contribution in [0.2, 0.25) is 0 Å². The highest BCUT2D eigenvalue weighted by Gasteiger charge is 2.24. The molecule has 0 radical (unpaired) electrons. The summed E-state index contributed by atoms with van der Waals surface area (Å²) in [6.45, 7) is 4.34. The summed E-state index contributed by atoms with van der Waals surface area (Å²) in [5, 5.41) is 3.00. The number of hydrogen-bond acceptors (Lipinski definition) is 2. The first-order chi connectivity index (χ1) is 9.10. The van der Waals surface area contributed by atoms with Crippen molar-refractivity contribution in [3.05, 3.63) is 23.8 Å². The maximum absolute atomic E-state index is 12.2. The molecule has 1 amide bonds. The number of nitrogens with two attached hydrogens (primary N) is 1. The van der Waals surface area contributed by atoms with E-state index in [9.17, 15) is 4.79 Å². The molecular formula is C16H24N2O. The lowest BCUT2D eigenvalue weighted by Gasteiger charge is -2.25. The van der Waals surface area contributed by atoms with Gasteiger partial charge in [-0.2, -0.15) is 0 Å². The monoisotopic (exact) mass is 260 g/mol. The Hall–Kier alpha value is -1.51. The fourth-order valence-corrected chi connectivity index (χ4v) is 2.76. The zero-order valence-corrected chi connectivity index (χ0v) is 11.9. The highest BCUT2D eigenvalue weighted by Crippen LogP contribution is 2.29. The van der Waals surface area contributed by atoms with Crippen LogP contribution in [0.1, 0.15) is 45.1 Å². The molecule has 0 aliphatic heterocycles. The van der Waals surface area contributed by atoms with E-state index in [0.29, 0.717) is 0 Å². The second-order valence-electron chi connectivity index (χ2n) is 5.71. The van der Waals surface area contributed by atoms with Crippen LogP contribution in [-0.2, 0) is 11.2 Å². The molecule has 1 aliphatic carbocycles. The summed E-state index contributed by atoms with van der Waals surface area (Å²) in [6.07, 6.45) is 5.26. The SMILES string of the molecule is CCc1ccc(NC(=O)C2CCC(C)CC2)cc1N. The first-order valence-corrected chi connectivity index (χ1v) is 7.29. The minimum Gasteiger partial charge on any atom is -0.398 e. The van der Waals surface area contributed by atoms with Crippen LogP contribution in [0.3, 0.4) is 0 Å². The van der Waals surface area contributed by atoms with Gasteiger partial charge >= 0.3 is 0 Å². The second-order valence-corrected chi connectivity index (χ2v) is 5.71. The molecule has 1 aliphatic rings. The van der Waals surface area contributed by atoms with E-state index in [-0.39, 0.29) is 11.8 Å². The minimum absolute atomic E-state index is 0.149. The van der Waals surface area contributed by atoms with Crippen LogP contribution in [0, 0.1) is 11.8 Å². The molecule has 0 saturated heterocycles. The fraction of sp³-hybridized carbons (Fsp3) is 0.562. The van der Waals surface area contributed by atoms with Gasteiger partial charge in [-0.3, -0.25) is 4.79 Å². The number of nitrogens with one attached hydrogen (secondary N) is 1. The van der Waals surface area contributed by atoms with Crippen LogP contribution in [0.25, 0.3) is 0 Å². The highest BCUT2D eigenvalue weighted by molar-refractivity contribution is 5.93. The topological polar surface area (TPSA) is 55.1 Å². The Morgan fingerprint density at radius 3 is 2.58 bits per heavy atom. The van der Waals surface area contributed by atoms with E-state index in [0.717, 1.165) is 55.0 Å². The second kappa shape index (κ2) is 6.09. The van der Waals surface area contributed by atoms with Gasteiger partial charge in [-0.1, -0.05) is 19.9 Å². The zero-order chi connectivity index (χ0) is 13.8. The van der Waals surface area contributed by atoms with E-state index in [1.54, 1.807) is 0 Å². The molecule has 19 heavy (non-hydrogen) atoms. The Labute approximate surface area is 115 Å². The molecule has 0 aromatic heterocycles. The number of rotatable bonds is 3. The van der Waals surface area contributed by atoms with Crippen molar-refractivity contribution in [3.8, 4) is 0 Å². The molecule has 0 unspecified atom stereocenters. The van der Waals surface area contributed by atoms with Crippen LogP contribution in [0.4, 0.5) is 11.4 Å². The summed E-state index contributed by atoms with van der Waals surface area (Å²) >= 11 is 0. The van der Waals surface area contributed by atoms with Crippen LogP contribution in [-0.4, -0.2) is 5.91 Å². The number of carbonyl (C=O) groups is 1.